The number of aliphatic carboxylic acids is 1. The van der Waals surface area contributed by atoms with Crippen LogP contribution in [0.15, 0.2) is 36.8 Å². The fourth-order valence-corrected chi connectivity index (χ4v) is 3.01. The van der Waals surface area contributed by atoms with Gasteiger partial charge in [0.2, 0.25) is 0 Å². The summed E-state index contributed by atoms with van der Waals surface area (Å²) in [5, 5.41) is 13.2. The Labute approximate surface area is 129 Å². The van der Waals surface area contributed by atoms with E-state index in [2.05, 4.69) is 15.0 Å². The van der Waals surface area contributed by atoms with Gasteiger partial charge in [0.15, 0.2) is 0 Å². The van der Waals surface area contributed by atoms with Gasteiger partial charge in [0.25, 0.3) is 0 Å². The van der Waals surface area contributed by atoms with Gasteiger partial charge in [-0.2, -0.15) is 5.10 Å². The van der Waals surface area contributed by atoms with Gasteiger partial charge in [-0.1, -0.05) is 0 Å². The van der Waals surface area contributed by atoms with Crippen molar-refractivity contribution in [2.45, 2.75) is 31.8 Å². The third-order valence-corrected chi connectivity index (χ3v) is 4.04. The Morgan fingerprint density at radius 3 is 2.91 bits per heavy atom. The molecule has 22 heavy (non-hydrogen) atoms. The largest absolute Gasteiger partial charge is 0.480 e. The fraction of sp³-hybridized carbons (Fsp3) is 0.438. The normalized spacial score (nSPS) is 19.2. The molecule has 3 rings (SSSR count). The summed E-state index contributed by atoms with van der Waals surface area (Å²) in [4.78, 5) is 17.2. The van der Waals surface area contributed by atoms with Gasteiger partial charge in [-0.3, -0.25) is 19.4 Å². The zero-order valence-electron chi connectivity index (χ0n) is 12.4. The average molecular weight is 300 g/mol. The topological polar surface area (TPSA) is 71.2 Å². The Kier molecular flexibility index (Phi) is 4.48. The van der Waals surface area contributed by atoms with Crippen molar-refractivity contribution in [1.82, 2.24) is 19.7 Å². The van der Waals surface area contributed by atoms with Crippen LogP contribution in [0.1, 0.15) is 30.0 Å². The van der Waals surface area contributed by atoms with Gasteiger partial charge in [0.1, 0.15) is 6.54 Å². The number of nitrogens with zero attached hydrogens (tertiary/aromatic N) is 4. The van der Waals surface area contributed by atoms with E-state index in [9.17, 15) is 4.79 Å². The van der Waals surface area contributed by atoms with Crippen molar-refractivity contribution in [2.75, 3.05) is 13.1 Å². The monoisotopic (exact) mass is 300 g/mol. The van der Waals surface area contributed by atoms with E-state index < -0.39 is 5.97 Å². The molecule has 1 fully saturated rings. The lowest BCUT2D eigenvalue weighted by molar-refractivity contribution is -0.137. The maximum atomic E-state index is 10.7. The van der Waals surface area contributed by atoms with Crippen molar-refractivity contribution in [1.29, 1.82) is 0 Å². The van der Waals surface area contributed by atoms with E-state index in [-0.39, 0.29) is 6.54 Å². The molecule has 1 atom stereocenters. The van der Waals surface area contributed by atoms with Gasteiger partial charge in [0, 0.05) is 37.6 Å². The minimum atomic E-state index is -0.863. The summed E-state index contributed by atoms with van der Waals surface area (Å²) >= 11 is 0. The number of carboxylic acids is 1. The van der Waals surface area contributed by atoms with Crippen molar-refractivity contribution in [3.8, 4) is 0 Å². The van der Waals surface area contributed by atoms with Crippen molar-refractivity contribution in [3.63, 3.8) is 0 Å². The standard InChI is InChI=1S/C16H20N4O2/c21-16(22)12-20-9-5-15(18-20)14-2-1-8-19(11-14)10-13-3-6-17-7-4-13/h3-7,9,14H,1-2,8,10-12H2,(H,21,22). The molecule has 0 bridgehead atoms. The Balaban J connectivity index is 1.62. The molecular weight excluding hydrogens is 280 g/mol. The van der Waals surface area contributed by atoms with Gasteiger partial charge in [-0.15, -0.1) is 0 Å². The molecule has 0 amide bonds. The van der Waals surface area contributed by atoms with Crippen LogP contribution in [-0.2, 0) is 17.9 Å². The molecule has 0 aromatic carbocycles. The lowest BCUT2D eigenvalue weighted by Crippen LogP contribution is -2.34. The molecule has 116 valence electrons. The highest BCUT2D eigenvalue weighted by Crippen LogP contribution is 2.26. The lowest BCUT2D eigenvalue weighted by atomic mass is 9.94. The molecule has 6 nitrogen and oxygen atoms in total. The molecule has 0 saturated carbocycles. The SMILES string of the molecule is O=C(O)Cn1ccc(C2CCCN(Cc3ccncc3)C2)n1. The molecule has 0 radical (unpaired) electrons. The second kappa shape index (κ2) is 6.70. The number of hydrogen-bond acceptors (Lipinski definition) is 4. The van der Waals surface area contributed by atoms with E-state index in [1.165, 1.54) is 10.2 Å². The maximum Gasteiger partial charge on any atom is 0.325 e. The van der Waals surface area contributed by atoms with Crippen LogP contribution < -0.4 is 0 Å². The first-order valence-corrected chi connectivity index (χ1v) is 7.57. The summed E-state index contributed by atoms with van der Waals surface area (Å²) < 4.78 is 1.50. The number of hydrogen-bond donors (Lipinski definition) is 1. The average Bonchev–Trinajstić information content (AvgIpc) is 2.96. The highest BCUT2D eigenvalue weighted by atomic mass is 16.4. The first kappa shape index (κ1) is 14.7. The molecule has 1 aliphatic heterocycles. The second-order valence-electron chi connectivity index (χ2n) is 5.76. The summed E-state index contributed by atoms with van der Waals surface area (Å²) in [5.74, 6) is -0.483. The summed E-state index contributed by atoms with van der Waals surface area (Å²) in [6.45, 7) is 2.91. The van der Waals surface area contributed by atoms with Crippen molar-refractivity contribution in [3.05, 3.63) is 48.0 Å². The third kappa shape index (κ3) is 3.71. The van der Waals surface area contributed by atoms with Gasteiger partial charge in [-0.05, 0) is 43.1 Å². The Hall–Kier alpha value is -2.21. The fourth-order valence-electron chi connectivity index (χ4n) is 3.01. The van der Waals surface area contributed by atoms with E-state index in [0.29, 0.717) is 5.92 Å². The van der Waals surface area contributed by atoms with E-state index in [4.69, 9.17) is 5.11 Å². The molecule has 1 aliphatic rings. The molecule has 1 saturated heterocycles. The zero-order valence-corrected chi connectivity index (χ0v) is 12.4. The molecule has 3 heterocycles. The maximum absolute atomic E-state index is 10.7. The van der Waals surface area contributed by atoms with E-state index in [0.717, 1.165) is 38.2 Å². The second-order valence-corrected chi connectivity index (χ2v) is 5.76. The highest BCUT2D eigenvalue weighted by Gasteiger charge is 2.23. The first-order chi connectivity index (χ1) is 10.7. The number of aromatic nitrogens is 3. The number of carboxylic acid groups (broad SMARTS) is 1. The number of piperidine rings is 1. The van der Waals surface area contributed by atoms with Gasteiger partial charge in [-0.25, -0.2) is 0 Å². The van der Waals surface area contributed by atoms with Crippen LogP contribution in [0.2, 0.25) is 0 Å². The van der Waals surface area contributed by atoms with Crippen molar-refractivity contribution >= 4 is 5.97 Å². The number of likely N-dealkylation sites (tertiary alicyclic amines) is 1. The lowest BCUT2D eigenvalue weighted by Gasteiger charge is -2.31. The summed E-state index contributed by atoms with van der Waals surface area (Å²) in [7, 11) is 0. The Morgan fingerprint density at radius 1 is 1.32 bits per heavy atom. The molecule has 0 spiro atoms. The molecule has 6 heteroatoms. The van der Waals surface area contributed by atoms with Gasteiger partial charge in [0.05, 0.1) is 5.69 Å². The summed E-state index contributed by atoms with van der Waals surface area (Å²) in [5.41, 5.74) is 2.27. The van der Waals surface area contributed by atoms with Crippen LogP contribution in [0.5, 0.6) is 0 Å². The van der Waals surface area contributed by atoms with Crippen LogP contribution in [0.25, 0.3) is 0 Å². The predicted molar refractivity (Wildman–Crippen MR) is 81.4 cm³/mol. The molecular formula is C16H20N4O2. The van der Waals surface area contributed by atoms with Crippen LogP contribution in [0, 0.1) is 0 Å². The van der Waals surface area contributed by atoms with E-state index in [1.54, 1.807) is 6.20 Å². The van der Waals surface area contributed by atoms with Crippen LogP contribution >= 0.6 is 0 Å². The molecule has 0 aliphatic carbocycles. The number of carbonyl (C=O) groups is 1. The van der Waals surface area contributed by atoms with Gasteiger partial charge >= 0.3 is 5.97 Å². The predicted octanol–water partition coefficient (Wildman–Crippen LogP) is 1.74. The quantitative estimate of drug-likeness (QED) is 0.910. The minimum Gasteiger partial charge on any atom is -0.480 e. The van der Waals surface area contributed by atoms with Crippen LogP contribution in [0.3, 0.4) is 0 Å². The number of pyridine rings is 1. The van der Waals surface area contributed by atoms with E-state index in [1.807, 2.05) is 30.6 Å². The van der Waals surface area contributed by atoms with Crippen molar-refractivity contribution < 1.29 is 9.90 Å². The molecule has 1 unspecified atom stereocenters. The highest BCUT2D eigenvalue weighted by molar-refractivity contribution is 5.66. The Bertz CT molecular complexity index is 626. The van der Waals surface area contributed by atoms with E-state index >= 15 is 0 Å². The zero-order chi connectivity index (χ0) is 15.4. The number of rotatable bonds is 5. The molecule has 1 N–H and O–H groups in total. The van der Waals surface area contributed by atoms with Gasteiger partial charge < -0.3 is 5.11 Å². The first-order valence-electron chi connectivity index (χ1n) is 7.57. The van der Waals surface area contributed by atoms with Crippen molar-refractivity contribution in [2.24, 2.45) is 0 Å². The third-order valence-electron chi connectivity index (χ3n) is 4.04. The summed E-state index contributed by atoms with van der Waals surface area (Å²) in [6, 6.07) is 6.04. The Morgan fingerprint density at radius 2 is 2.14 bits per heavy atom. The molecule has 2 aromatic heterocycles. The van der Waals surface area contributed by atoms with Crippen LogP contribution in [-0.4, -0.2) is 43.8 Å². The minimum absolute atomic E-state index is 0.0759. The molecule has 2 aromatic rings. The van der Waals surface area contributed by atoms with Crippen LogP contribution in [0.4, 0.5) is 0 Å². The smallest absolute Gasteiger partial charge is 0.325 e. The summed E-state index contributed by atoms with van der Waals surface area (Å²) in [6.07, 6.45) is 7.65.